The van der Waals surface area contributed by atoms with Gasteiger partial charge in [-0.1, -0.05) is 111 Å². The first-order valence-electron chi connectivity index (χ1n) is 12.8. The molecule has 0 radical (unpaired) electrons. The molecule has 4 aromatic carbocycles. The number of nitrogens with one attached hydrogen (secondary N) is 1. The normalized spacial score (nSPS) is 12.4. The summed E-state index contributed by atoms with van der Waals surface area (Å²) in [7, 11) is 0. The smallest absolute Gasteiger partial charge is 0.335 e. The lowest BCUT2D eigenvalue weighted by molar-refractivity contribution is 0.0697. The highest BCUT2D eigenvalue weighted by Crippen LogP contribution is 2.40. The summed E-state index contributed by atoms with van der Waals surface area (Å²) in [6, 6.07) is 29.6. The van der Waals surface area contributed by atoms with Crippen LogP contribution in [0, 0.1) is 6.92 Å². The number of benzene rings is 4. The number of hydrogen-bond donors (Lipinski definition) is 3. The molecule has 194 valence electrons. The minimum absolute atomic E-state index is 0.176. The van der Waals surface area contributed by atoms with Crippen molar-refractivity contribution >= 4 is 17.7 Å². The second-order valence-corrected chi connectivity index (χ2v) is 10.7. The van der Waals surface area contributed by atoms with Gasteiger partial charge in [-0.2, -0.15) is 0 Å². The Morgan fingerprint density at radius 2 is 1.58 bits per heavy atom. The zero-order valence-electron chi connectivity index (χ0n) is 22.4. The number of aromatic carboxylic acids is 1. The molecule has 4 rings (SSSR count). The molecule has 0 bridgehead atoms. The Morgan fingerprint density at radius 1 is 0.921 bits per heavy atom. The van der Waals surface area contributed by atoms with Crippen LogP contribution in [0.1, 0.15) is 65.1 Å². The average Bonchev–Trinajstić information content (AvgIpc) is 2.91. The number of carbonyl (C=O) groups is 1. The number of carboxylic acid groups (broad SMARTS) is 1. The molecule has 0 saturated heterocycles. The molecule has 0 heterocycles. The maximum absolute atomic E-state index is 11.2. The third kappa shape index (κ3) is 6.58. The van der Waals surface area contributed by atoms with Crippen molar-refractivity contribution in [3.63, 3.8) is 0 Å². The number of aliphatic hydroxyl groups is 1. The molecule has 0 aliphatic rings. The van der Waals surface area contributed by atoms with Crippen LogP contribution >= 0.6 is 0 Å². The van der Waals surface area contributed by atoms with Gasteiger partial charge in [-0.25, -0.2) is 4.79 Å². The van der Waals surface area contributed by atoms with Crippen LogP contribution in [-0.2, 0) is 12.0 Å². The molecule has 1 unspecified atom stereocenters. The van der Waals surface area contributed by atoms with Crippen LogP contribution in [0.25, 0.3) is 17.2 Å². The van der Waals surface area contributed by atoms with E-state index in [0.29, 0.717) is 6.54 Å². The van der Waals surface area contributed by atoms with E-state index < -0.39 is 12.1 Å². The highest BCUT2D eigenvalue weighted by atomic mass is 16.4. The van der Waals surface area contributed by atoms with Crippen molar-refractivity contribution in [2.75, 3.05) is 5.32 Å². The summed E-state index contributed by atoms with van der Waals surface area (Å²) in [6.45, 7) is 9.32. The molecular formula is C34H35NO3. The summed E-state index contributed by atoms with van der Waals surface area (Å²) in [5, 5.41) is 24.1. The largest absolute Gasteiger partial charge is 0.478 e. The highest BCUT2D eigenvalue weighted by Gasteiger charge is 2.23. The van der Waals surface area contributed by atoms with Crippen molar-refractivity contribution in [1.82, 2.24) is 0 Å². The first kappa shape index (κ1) is 26.9. The molecule has 4 heteroatoms. The molecule has 0 aliphatic carbocycles. The summed E-state index contributed by atoms with van der Waals surface area (Å²) in [6.07, 6.45) is 2.73. The molecule has 0 aliphatic heterocycles. The topological polar surface area (TPSA) is 69.6 Å². The molecule has 0 aromatic heterocycles. The SMILES string of the molecule is Cc1ccc(-c2cc(C(O)/C=C/c3ccc(C(=O)O)cc3)cc(C(C)(C)C)c2NCc2ccccc2)cc1. The van der Waals surface area contributed by atoms with Gasteiger partial charge in [0.25, 0.3) is 0 Å². The molecule has 0 spiro atoms. The summed E-state index contributed by atoms with van der Waals surface area (Å²) in [5.41, 5.74) is 8.39. The average molecular weight is 506 g/mol. The number of aryl methyl sites for hydroxylation is 1. The molecule has 1 atom stereocenters. The van der Waals surface area contributed by atoms with Crippen molar-refractivity contribution in [2.24, 2.45) is 0 Å². The first-order chi connectivity index (χ1) is 18.1. The fourth-order valence-corrected chi connectivity index (χ4v) is 4.41. The Hall–Kier alpha value is -4.15. The maximum Gasteiger partial charge on any atom is 0.335 e. The minimum atomic E-state index is -0.958. The van der Waals surface area contributed by atoms with E-state index in [2.05, 4.69) is 81.5 Å². The lowest BCUT2D eigenvalue weighted by Crippen LogP contribution is -2.17. The van der Waals surface area contributed by atoms with Gasteiger partial charge in [0.1, 0.15) is 0 Å². The van der Waals surface area contributed by atoms with Crippen molar-refractivity contribution < 1.29 is 15.0 Å². The van der Waals surface area contributed by atoms with Crippen LogP contribution in [0.5, 0.6) is 0 Å². The van der Waals surface area contributed by atoms with E-state index in [1.807, 2.05) is 24.3 Å². The molecule has 4 aromatic rings. The van der Waals surface area contributed by atoms with E-state index >= 15 is 0 Å². The van der Waals surface area contributed by atoms with Crippen LogP contribution in [0.15, 0.2) is 97.1 Å². The third-order valence-corrected chi connectivity index (χ3v) is 6.61. The van der Waals surface area contributed by atoms with E-state index in [4.69, 9.17) is 5.11 Å². The second kappa shape index (κ2) is 11.5. The number of hydrogen-bond acceptors (Lipinski definition) is 3. The fourth-order valence-electron chi connectivity index (χ4n) is 4.41. The van der Waals surface area contributed by atoms with Crippen LogP contribution in [0.2, 0.25) is 0 Å². The molecule has 0 amide bonds. The Balaban J connectivity index is 1.76. The van der Waals surface area contributed by atoms with E-state index in [1.54, 1.807) is 30.3 Å². The number of rotatable bonds is 8. The van der Waals surface area contributed by atoms with Gasteiger partial charge in [-0.15, -0.1) is 0 Å². The van der Waals surface area contributed by atoms with Crippen molar-refractivity contribution in [3.8, 4) is 11.1 Å². The molecular weight excluding hydrogens is 470 g/mol. The van der Waals surface area contributed by atoms with E-state index in [1.165, 1.54) is 11.1 Å². The zero-order chi connectivity index (χ0) is 27.3. The molecule has 4 nitrogen and oxygen atoms in total. The van der Waals surface area contributed by atoms with Gasteiger partial charge in [-0.3, -0.25) is 0 Å². The lowest BCUT2D eigenvalue weighted by atomic mass is 9.81. The van der Waals surface area contributed by atoms with Gasteiger partial charge in [0, 0.05) is 17.8 Å². The Bertz CT molecular complexity index is 1410. The molecule has 0 saturated carbocycles. The zero-order valence-corrected chi connectivity index (χ0v) is 22.4. The standard InChI is InChI=1S/C34H35NO3/c1-23-10-15-26(16-11-23)29-20-28(31(36)19-14-24-12-17-27(18-13-24)33(37)38)21-30(34(2,3)4)32(29)35-22-25-8-6-5-7-9-25/h5-21,31,35-36H,22H2,1-4H3,(H,37,38)/b19-14+. The van der Waals surface area contributed by atoms with E-state index in [0.717, 1.165) is 33.5 Å². The third-order valence-electron chi connectivity index (χ3n) is 6.61. The van der Waals surface area contributed by atoms with Crippen LogP contribution in [0.3, 0.4) is 0 Å². The van der Waals surface area contributed by atoms with Gasteiger partial charge in [0.15, 0.2) is 0 Å². The second-order valence-electron chi connectivity index (χ2n) is 10.7. The predicted molar refractivity (Wildman–Crippen MR) is 156 cm³/mol. The Morgan fingerprint density at radius 3 is 2.18 bits per heavy atom. The van der Waals surface area contributed by atoms with Crippen LogP contribution < -0.4 is 5.32 Å². The summed E-state index contributed by atoms with van der Waals surface area (Å²) >= 11 is 0. The van der Waals surface area contributed by atoms with Crippen molar-refractivity contribution in [2.45, 2.75) is 45.8 Å². The van der Waals surface area contributed by atoms with Gasteiger partial charge in [0.05, 0.1) is 11.7 Å². The van der Waals surface area contributed by atoms with Gasteiger partial charge >= 0.3 is 5.97 Å². The highest BCUT2D eigenvalue weighted by molar-refractivity contribution is 5.87. The summed E-state index contributed by atoms with van der Waals surface area (Å²) in [4.78, 5) is 11.1. The van der Waals surface area contributed by atoms with Crippen molar-refractivity contribution in [3.05, 3.63) is 130 Å². The van der Waals surface area contributed by atoms with Gasteiger partial charge in [0.2, 0.25) is 0 Å². The Kier molecular flexibility index (Phi) is 8.13. The van der Waals surface area contributed by atoms with Crippen LogP contribution in [0.4, 0.5) is 5.69 Å². The van der Waals surface area contributed by atoms with Crippen molar-refractivity contribution in [1.29, 1.82) is 0 Å². The molecule has 3 N–H and O–H groups in total. The monoisotopic (exact) mass is 505 g/mol. The maximum atomic E-state index is 11.2. The Labute approximate surface area is 225 Å². The van der Waals surface area contributed by atoms with Gasteiger partial charge < -0.3 is 15.5 Å². The van der Waals surface area contributed by atoms with E-state index in [9.17, 15) is 9.90 Å². The van der Waals surface area contributed by atoms with Crippen LogP contribution in [-0.4, -0.2) is 16.2 Å². The summed E-state index contributed by atoms with van der Waals surface area (Å²) in [5.74, 6) is -0.958. The lowest BCUT2D eigenvalue weighted by Gasteiger charge is -2.28. The molecule has 0 fully saturated rings. The summed E-state index contributed by atoms with van der Waals surface area (Å²) < 4.78 is 0. The predicted octanol–water partition coefficient (Wildman–Crippen LogP) is 8.02. The number of aliphatic hydroxyl groups excluding tert-OH is 1. The molecule has 38 heavy (non-hydrogen) atoms. The quantitative estimate of drug-likeness (QED) is 0.227. The minimum Gasteiger partial charge on any atom is -0.478 e. The first-order valence-corrected chi connectivity index (χ1v) is 12.8. The van der Waals surface area contributed by atoms with Gasteiger partial charge in [-0.05, 0) is 58.4 Å². The fraction of sp³-hybridized carbons (Fsp3) is 0.206. The van der Waals surface area contributed by atoms with E-state index in [-0.39, 0.29) is 11.0 Å². The number of anilines is 1. The number of carboxylic acids is 1.